The van der Waals surface area contributed by atoms with Gasteiger partial charge in [0.2, 0.25) is 10.0 Å². The van der Waals surface area contributed by atoms with Crippen molar-refractivity contribution in [2.75, 3.05) is 23.7 Å². The first-order valence-electron chi connectivity index (χ1n) is 14.0. The summed E-state index contributed by atoms with van der Waals surface area (Å²) in [6, 6.07) is 1.47. The molecule has 1 aromatic carbocycles. The molecule has 17 heteroatoms. The van der Waals surface area contributed by atoms with Gasteiger partial charge in [0.05, 0.1) is 22.4 Å². The van der Waals surface area contributed by atoms with E-state index in [4.69, 9.17) is 5.11 Å². The number of halogens is 9. The maximum absolute atomic E-state index is 13.5. The first kappa shape index (κ1) is 36.4. The number of carboxylic acids is 1. The molecule has 0 spiro atoms. The summed E-state index contributed by atoms with van der Waals surface area (Å²) in [5, 5.41) is 9.03. The Labute approximate surface area is 253 Å². The fraction of sp³-hybridized carbons (Fsp3) is 0.571. The number of anilines is 1. The highest BCUT2D eigenvalue weighted by Crippen LogP contribution is 2.37. The van der Waals surface area contributed by atoms with Crippen LogP contribution in [0, 0.1) is 11.8 Å². The second kappa shape index (κ2) is 14.1. The molecule has 45 heavy (non-hydrogen) atoms. The van der Waals surface area contributed by atoms with Gasteiger partial charge in [0, 0.05) is 37.8 Å². The smallest absolute Gasteiger partial charge is 0.417 e. The lowest BCUT2D eigenvalue weighted by molar-refractivity contribution is -0.143. The van der Waals surface area contributed by atoms with E-state index in [1.165, 1.54) is 0 Å². The third kappa shape index (κ3) is 10.8. The molecule has 0 atom stereocenters. The number of rotatable bonds is 12. The second-order valence-corrected chi connectivity index (χ2v) is 13.0. The van der Waals surface area contributed by atoms with Gasteiger partial charge in [-0.3, -0.25) is 4.79 Å². The van der Waals surface area contributed by atoms with Crippen LogP contribution in [0.4, 0.5) is 45.3 Å². The van der Waals surface area contributed by atoms with E-state index in [9.17, 15) is 52.7 Å². The average Bonchev–Trinajstić information content (AvgIpc) is 2.93. The summed E-state index contributed by atoms with van der Waals surface area (Å²) in [5.74, 6) is -1.65. The van der Waals surface area contributed by atoms with Crippen molar-refractivity contribution in [1.82, 2.24) is 9.71 Å². The molecule has 1 heterocycles. The molecule has 1 aliphatic rings. The van der Waals surface area contributed by atoms with E-state index in [0.717, 1.165) is 6.07 Å². The van der Waals surface area contributed by atoms with Gasteiger partial charge >= 0.3 is 24.5 Å². The molecule has 1 saturated carbocycles. The van der Waals surface area contributed by atoms with Gasteiger partial charge in [-0.25, -0.2) is 18.1 Å². The number of pyridine rings is 1. The number of aliphatic carboxylic acids is 1. The molecule has 1 aliphatic carbocycles. The van der Waals surface area contributed by atoms with E-state index in [1.807, 2.05) is 0 Å². The van der Waals surface area contributed by atoms with Crippen molar-refractivity contribution in [3.63, 3.8) is 0 Å². The molecule has 0 aliphatic heterocycles. The standard InChI is InChI=1S/C28H32F9N3O4S/c1-2-40(16-18-5-3-17(4-6-18)11-24(41)42)25-20(12-23(15-38-25)28(35,36)37)14-39-45(43,44)8-7-19-9-21(26(29,30)31)13-22(10-19)27(32,33)34/h9-10,12-13,15,17-18,39H,2-8,11,14,16H2,1H3,(H,41,42). The Morgan fingerprint density at radius 3 is 1.91 bits per heavy atom. The summed E-state index contributed by atoms with van der Waals surface area (Å²) in [7, 11) is -4.40. The quantitative estimate of drug-likeness (QED) is 0.237. The maximum atomic E-state index is 13.5. The molecule has 7 nitrogen and oxygen atoms in total. The highest BCUT2D eigenvalue weighted by molar-refractivity contribution is 7.89. The van der Waals surface area contributed by atoms with Gasteiger partial charge in [0.15, 0.2) is 0 Å². The zero-order valence-electron chi connectivity index (χ0n) is 24.0. The van der Waals surface area contributed by atoms with Crippen molar-refractivity contribution in [2.45, 2.75) is 70.5 Å². The molecule has 2 aromatic rings. The maximum Gasteiger partial charge on any atom is 0.417 e. The first-order chi connectivity index (χ1) is 20.7. The lowest BCUT2D eigenvalue weighted by Crippen LogP contribution is -2.34. The number of carboxylic acid groups (broad SMARTS) is 1. The summed E-state index contributed by atoms with van der Waals surface area (Å²) < 4.78 is 147. The predicted octanol–water partition coefficient (Wildman–Crippen LogP) is 6.91. The van der Waals surface area contributed by atoms with Gasteiger partial charge in [-0.1, -0.05) is 0 Å². The molecule has 252 valence electrons. The van der Waals surface area contributed by atoms with Crippen LogP contribution < -0.4 is 9.62 Å². The second-order valence-electron chi connectivity index (χ2n) is 11.0. The molecule has 0 radical (unpaired) electrons. The molecule has 1 aromatic heterocycles. The van der Waals surface area contributed by atoms with Gasteiger partial charge in [-0.2, -0.15) is 39.5 Å². The van der Waals surface area contributed by atoms with Crippen LogP contribution in [0.25, 0.3) is 0 Å². The van der Waals surface area contributed by atoms with Crippen LogP contribution in [0.3, 0.4) is 0 Å². The van der Waals surface area contributed by atoms with E-state index in [2.05, 4.69) is 9.71 Å². The summed E-state index contributed by atoms with van der Waals surface area (Å²) in [6.07, 6.45) is -12.4. The largest absolute Gasteiger partial charge is 0.481 e. The molecule has 3 rings (SSSR count). The number of sulfonamides is 1. The lowest BCUT2D eigenvalue weighted by Gasteiger charge is -2.33. The minimum Gasteiger partial charge on any atom is -0.481 e. The van der Waals surface area contributed by atoms with Crippen LogP contribution in [-0.4, -0.2) is 43.3 Å². The number of carbonyl (C=O) groups is 1. The highest BCUT2D eigenvalue weighted by atomic mass is 32.2. The van der Waals surface area contributed by atoms with Crippen LogP contribution in [-0.2, 0) is 46.3 Å². The van der Waals surface area contributed by atoms with Crippen molar-refractivity contribution >= 4 is 21.8 Å². The van der Waals surface area contributed by atoms with Gasteiger partial charge in [0.1, 0.15) is 5.82 Å². The average molecular weight is 678 g/mol. The topological polar surface area (TPSA) is 99.6 Å². The van der Waals surface area contributed by atoms with Gasteiger partial charge in [0.25, 0.3) is 0 Å². The first-order valence-corrected chi connectivity index (χ1v) is 15.6. The molecule has 0 bridgehead atoms. The summed E-state index contributed by atoms with van der Waals surface area (Å²) in [4.78, 5) is 16.7. The van der Waals surface area contributed by atoms with Crippen molar-refractivity contribution < 1.29 is 57.8 Å². The van der Waals surface area contributed by atoms with Crippen molar-refractivity contribution in [2.24, 2.45) is 11.8 Å². The predicted molar refractivity (Wildman–Crippen MR) is 146 cm³/mol. The number of benzene rings is 1. The zero-order chi connectivity index (χ0) is 33.8. The molecule has 2 N–H and O–H groups in total. The minimum atomic E-state index is -5.12. The number of alkyl halides is 9. The Balaban J connectivity index is 1.78. The number of nitrogens with zero attached hydrogens (tertiary/aromatic N) is 2. The van der Waals surface area contributed by atoms with Crippen molar-refractivity contribution in [3.05, 3.63) is 58.3 Å². The molecule has 0 amide bonds. The Kier molecular flexibility index (Phi) is 11.4. The number of aryl methyl sites for hydroxylation is 1. The van der Waals surface area contributed by atoms with Crippen molar-refractivity contribution in [3.8, 4) is 0 Å². The van der Waals surface area contributed by atoms with Crippen LogP contribution in [0.2, 0.25) is 0 Å². The van der Waals surface area contributed by atoms with Crippen LogP contribution >= 0.6 is 0 Å². The zero-order valence-corrected chi connectivity index (χ0v) is 24.8. The van der Waals surface area contributed by atoms with Gasteiger partial charge in [-0.15, -0.1) is 0 Å². The Morgan fingerprint density at radius 1 is 0.889 bits per heavy atom. The number of hydrogen-bond donors (Lipinski definition) is 2. The highest BCUT2D eigenvalue weighted by Gasteiger charge is 2.37. The normalized spacial score (nSPS) is 18.2. The van der Waals surface area contributed by atoms with Crippen LogP contribution in [0.15, 0.2) is 30.5 Å². The Bertz CT molecular complexity index is 1400. The number of aromatic nitrogens is 1. The van der Waals surface area contributed by atoms with E-state index >= 15 is 0 Å². The summed E-state index contributed by atoms with van der Waals surface area (Å²) in [5.41, 5.74) is -5.03. The lowest BCUT2D eigenvalue weighted by atomic mass is 9.80. The molecule has 1 fully saturated rings. The monoisotopic (exact) mass is 677 g/mol. The molecular weight excluding hydrogens is 645 g/mol. The third-order valence-electron chi connectivity index (χ3n) is 7.65. The van der Waals surface area contributed by atoms with E-state index < -0.39 is 75.5 Å². The summed E-state index contributed by atoms with van der Waals surface area (Å²) >= 11 is 0. The van der Waals surface area contributed by atoms with Crippen molar-refractivity contribution in [1.29, 1.82) is 0 Å². The van der Waals surface area contributed by atoms with Crippen LogP contribution in [0.5, 0.6) is 0 Å². The Hall–Kier alpha value is -3.08. The molecular formula is C28H32F9N3O4S. The molecule has 0 saturated heterocycles. The number of nitrogens with one attached hydrogen (secondary N) is 1. The summed E-state index contributed by atoms with van der Waals surface area (Å²) in [6.45, 7) is 1.72. The minimum absolute atomic E-state index is 0.0268. The molecule has 0 unspecified atom stereocenters. The fourth-order valence-electron chi connectivity index (χ4n) is 5.29. The third-order valence-corrected chi connectivity index (χ3v) is 8.97. The van der Waals surface area contributed by atoms with Gasteiger partial charge in [-0.05, 0) is 80.7 Å². The van der Waals surface area contributed by atoms with E-state index in [-0.39, 0.29) is 35.7 Å². The SMILES string of the molecule is CCN(CC1CCC(CC(=O)O)CC1)c1ncc(C(F)(F)F)cc1CNS(=O)(=O)CCc1cc(C(F)(F)F)cc(C(F)(F)F)c1. The van der Waals surface area contributed by atoms with Crippen LogP contribution in [0.1, 0.15) is 66.8 Å². The Morgan fingerprint density at radius 2 is 1.42 bits per heavy atom. The van der Waals surface area contributed by atoms with E-state index in [1.54, 1.807) is 11.8 Å². The van der Waals surface area contributed by atoms with Gasteiger partial charge < -0.3 is 10.0 Å². The van der Waals surface area contributed by atoms with E-state index in [0.29, 0.717) is 57.1 Å². The fourth-order valence-corrected chi connectivity index (χ4v) is 6.32. The number of hydrogen-bond acceptors (Lipinski definition) is 5.